The number of hydrogen-bond donors (Lipinski definition) is 2. The van der Waals surface area contributed by atoms with Crippen molar-refractivity contribution in [3.63, 3.8) is 0 Å². The summed E-state index contributed by atoms with van der Waals surface area (Å²) in [5.74, 6) is -0.246. The van der Waals surface area contributed by atoms with Crippen LogP contribution < -0.4 is 5.32 Å². The number of rotatable bonds is 6. The van der Waals surface area contributed by atoms with Crippen molar-refractivity contribution in [1.82, 2.24) is 5.32 Å². The molecule has 0 amide bonds. The molecule has 1 fully saturated rings. The monoisotopic (exact) mass is 273 g/mol. The van der Waals surface area contributed by atoms with Crippen LogP contribution in [0.25, 0.3) is 6.08 Å². The Balaban J connectivity index is 1.66. The van der Waals surface area contributed by atoms with Crippen LogP contribution in [0.4, 0.5) is 0 Å². The van der Waals surface area contributed by atoms with Gasteiger partial charge < -0.3 is 10.4 Å². The summed E-state index contributed by atoms with van der Waals surface area (Å²) in [5.41, 5.74) is 1.21. The van der Waals surface area contributed by atoms with Crippen LogP contribution in [0, 0.1) is 11.8 Å². The Labute approximate surface area is 120 Å². The molecule has 1 saturated carbocycles. The van der Waals surface area contributed by atoms with Crippen LogP contribution in [0.2, 0.25) is 0 Å². The standard InChI is InChI=1S/C17H23NO2/c19-17(20)16-10-4-8-15(12-16)13-18-11-5-9-14-6-2-1-3-7-14/h1-3,5-7,9,15-16,18H,4,8,10-13H2,(H,19,20)/b9-5+/t15-,16+/m1/s1. The number of aliphatic carboxylic acids is 1. The molecule has 3 nitrogen and oxygen atoms in total. The highest BCUT2D eigenvalue weighted by atomic mass is 16.4. The van der Waals surface area contributed by atoms with Crippen molar-refractivity contribution < 1.29 is 9.90 Å². The SMILES string of the molecule is O=C(O)[C@H]1CCC[C@@H](CNC/C=C/c2ccccc2)C1. The molecule has 2 rings (SSSR count). The summed E-state index contributed by atoms with van der Waals surface area (Å²) in [5, 5.41) is 12.5. The molecule has 2 N–H and O–H groups in total. The quantitative estimate of drug-likeness (QED) is 0.783. The molecular weight excluding hydrogens is 250 g/mol. The lowest BCUT2D eigenvalue weighted by atomic mass is 9.81. The van der Waals surface area contributed by atoms with Gasteiger partial charge in [0.05, 0.1) is 5.92 Å². The molecule has 2 atom stereocenters. The van der Waals surface area contributed by atoms with E-state index in [-0.39, 0.29) is 5.92 Å². The van der Waals surface area contributed by atoms with Crippen molar-refractivity contribution >= 4 is 12.0 Å². The third-order valence-electron chi connectivity index (χ3n) is 3.94. The molecule has 0 aliphatic heterocycles. The van der Waals surface area contributed by atoms with Gasteiger partial charge in [-0.2, -0.15) is 0 Å². The summed E-state index contributed by atoms with van der Waals surface area (Å²) >= 11 is 0. The van der Waals surface area contributed by atoms with Crippen LogP contribution in [-0.2, 0) is 4.79 Å². The summed E-state index contributed by atoms with van der Waals surface area (Å²) in [6.45, 7) is 1.76. The number of carboxylic acid groups (broad SMARTS) is 1. The van der Waals surface area contributed by atoms with Crippen molar-refractivity contribution in [3.8, 4) is 0 Å². The van der Waals surface area contributed by atoms with E-state index in [2.05, 4.69) is 29.6 Å². The van der Waals surface area contributed by atoms with E-state index in [0.717, 1.165) is 38.8 Å². The van der Waals surface area contributed by atoms with E-state index in [0.29, 0.717) is 5.92 Å². The van der Waals surface area contributed by atoms with Crippen LogP contribution >= 0.6 is 0 Å². The zero-order valence-electron chi connectivity index (χ0n) is 11.8. The van der Waals surface area contributed by atoms with Gasteiger partial charge in [0.2, 0.25) is 0 Å². The van der Waals surface area contributed by atoms with Gasteiger partial charge in [-0.15, -0.1) is 0 Å². The molecule has 0 aromatic heterocycles. The van der Waals surface area contributed by atoms with Gasteiger partial charge in [-0.05, 0) is 37.3 Å². The predicted molar refractivity (Wildman–Crippen MR) is 81.4 cm³/mol. The Morgan fingerprint density at radius 1 is 1.30 bits per heavy atom. The maximum Gasteiger partial charge on any atom is 0.306 e. The fraction of sp³-hybridized carbons (Fsp3) is 0.471. The minimum absolute atomic E-state index is 0.129. The summed E-state index contributed by atoms with van der Waals surface area (Å²) in [4.78, 5) is 11.0. The van der Waals surface area contributed by atoms with Gasteiger partial charge in [0, 0.05) is 6.54 Å². The van der Waals surface area contributed by atoms with Crippen molar-refractivity contribution in [2.24, 2.45) is 11.8 Å². The molecule has 0 heterocycles. The molecule has 1 aliphatic rings. The van der Waals surface area contributed by atoms with Gasteiger partial charge in [-0.1, -0.05) is 48.9 Å². The highest BCUT2D eigenvalue weighted by Crippen LogP contribution is 2.28. The van der Waals surface area contributed by atoms with E-state index < -0.39 is 5.97 Å². The molecule has 0 radical (unpaired) electrons. The lowest BCUT2D eigenvalue weighted by molar-refractivity contribution is -0.143. The molecular formula is C17H23NO2. The third kappa shape index (κ3) is 4.82. The molecule has 1 aromatic carbocycles. The number of hydrogen-bond acceptors (Lipinski definition) is 2. The van der Waals surface area contributed by atoms with E-state index >= 15 is 0 Å². The average Bonchev–Trinajstić information content (AvgIpc) is 2.48. The van der Waals surface area contributed by atoms with E-state index in [4.69, 9.17) is 5.11 Å². The number of carbonyl (C=O) groups is 1. The van der Waals surface area contributed by atoms with E-state index in [1.54, 1.807) is 0 Å². The zero-order chi connectivity index (χ0) is 14.2. The number of nitrogens with one attached hydrogen (secondary N) is 1. The van der Waals surface area contributed by atoms with Gasteiger partial charge in [-0.3, -0.25) is 4.79 Å². The van der Waals surface area contributed by atoms with Gasteiger partial charge >= 0.3 is 5.97 Å². The molecule has 20 heavy (non-hydrogen) atoms. The lowest BCUT2D eigenvalue weighted by Crippen LogP contribution is -2.30. The first-order valence-corrected chi connectivity index (χ1v) is 7.41. The maximum absolute atomic E-state index is 11.0. The first-order chi connectivity index (χ1) is 9.75. The van der Waals surface area contributed by atoms with E-state index in [9.17, 15) is 4.79 Å². The van der Waals surface area contributed by atoms with Crippen LogP contribution in [-0.4, -0.2) is 24.2 Å². The Morgan fingerprint density at radius 3 is 2.85 bits per heavy atom. The number of benzene rings is 1. The molecule has 108 valence electrons. The second kappa shape index (κ2) is 7.85. The first-order valence-electron chi connectivity index (χ1n) is 7.41. The summed E-state index contributed by atoms with van der Waals surface area (Å²) in [6.07, 6.45) is 8.09. The Kier molecular flexibility index (Phi) is 5.81. The Morgan fingerprint density at radius 2 is 2.10 bits per heavy atom. The molecule has 3 heteroatoms. The Bertz CT molecular complexity index is 442. The van der Waals surface area contributed by atoms with E-state index in [1.807, 2.05) is 18.2 Å². The molecule has 0 saturated heterocycles. The van der Waals surface area contributed by atoms with Crippen molar-refractivity contribution in [2.45, 2.75) is 25.7 Å². The molecule has 1 aromatic rings. The topological polar surface area (TPSA) is 49.3 Å². The number of carboxylic acids is 1. The zero-order valence-corrected chi connectivity index (χ0v) is 11.8. The van der Waals surface area contributed by atoms with Crippen LogP contribution in [0.5, 0.6) is 0 Å². The second-order valence-corrected chi connectivity index (χ2v) is 5.54. The van der Waals surface area contributed by atoms with Crippen molar-refractivity contribution in [1.29, 1.82) is 0 Å². The highest BCUT2D eigenvalue weighted by Gasteiger charge is 2.26. The molecule has 1 aliphatic carbocycles. The van der Waals surface area contributed by atoms with Gasteiger partial charge in [0.1, 0.15) is 0 Å². The minimum atomic E-state index is -0.626. The Hall–Kier alpha value is -1.61. The predicted octanol–water partition coefficient (Wildman–Crippen LogP) is 3.18. The van der Waals surface area contributed by atoms with Crippen molar-refractivity contribution in [2.75, 3.05) is 13.1 Å². The van der Waals surface area contributed by atoms with Gasteiger partial charge in [0.15, 0.2) is 0 Å². The summed E-state index contributed by atoms with van der Waals surface area (Å²) < 4.78 is 0. The lowest BCUT2D eigenvalue weighted by Gasteiger charge is -2.26. The average molecular weight is 273 g/mol. The molecule has 0 bridgehead atoms. The summed E-state index contributed by atoms with van der Waals surface area (Å²) in [6, 6.07) is 10.2. The normalized spacial score (nSPS) is 23.0. The largest absolute Gasteiger partial charge is 0.481 e. The van der Waals surface area contributed by atoms with E-state index in [1.165, 1.54) is 5.56 Å². The first kappa shape index (κ1) is 14.8. The van der Waals surface area contributed by atoms with Crippen LogP contribution in [0.3, 0.4) is 0 Å². The van der Waals surface area contributed by atoms with Crippen LogP contribution in [0.15, 0.2) is 36.4 Å². The van der Waals surface area contributed by atoms with Gasteiger partial charge in [0.25, 0.3) is 0 Å². The minimum Gasteiger partial charge on any atom is -0.481 e. The molecule has 0 unspecified atom stereocenters. The maximum atomic E-state index is 11.0. The second-order valence-electron chi connectivity index (χ2n) is 5.54. The summed E-state index contributed by atoms with van der Waals surface area (Å²) in [7, 11) is 0. The highest BCUT2D eigenvalue weighted by molar-refractivity contribution is 5.70. The molecule has 0 spiro atoms. The van der Waals surface area contributed by atoms with Crippen molar-refractivity contribution in [3.05, 3.63) is 42.0 Å². The fourth-order valence-corrected chi connectivity index (χ4v) is 2.83. The smallest absolute Gasteiger partial charge is 0.306 e. The fourth-order valence-electron chi connectivity index (χ4n) is 2.83. The van der Waals surface area contributed by atoms with Gasteiger partial charge in [-0.25, -0.2) is 0 Å². The van der Waals surface area contributed by atoms with Crippen LogP contribution in [0.1, 0.15) is 31.2 Å². The third-order valence-corrected chi connectivity index (χ3v) is 3.94.